The fraction of sp³-hybridized carbons (Fsp3) is 0.571. The smallest absolute Gasteiger partial charge is 0.123 e. The van der Waals surface area contributed by atoms with Crippen LogP contribution in [0.25, 0.3) is 0 Å². The summed E-state index contributed by atoms with van der Waals surface area (Å²) in [4.78, 5) is 0. The van der Waals surface area contributed by atoms with Gasteiger partial charge in [0.1, 0.15) is 5.82 Å². The van der Waals surface area contributed by atoms with E-state index in [1.807, 2.05) is 6.07 Å². The molecule has 1 atom stereocenters. The highest BCUT2D eigenvalue weighted by atomic mass is 19.1. The minimum Gasteiger partial charge on any atom is -0.371 e. The Bertz CT molecular complexity index is 324. The van der Waals surface area contributed by atoms with Gasteiger partial charge in [0.25, 0.3) is 0 Å². The molecule has 0 saturated heterocycles. The lowest BCUT2D eigenvalue weighted by molar-refractivity contribution is -0.0519. The Morgan fingerprint density at radius 2 is 2.06 bits per heavy atom. The van der Waals surface area contributed by atoms with Gasteiger partial charge in [-0.25, -0.2) is 4.39 Å². The van der Waals surface area contributed by atoms with Crippen molar-refractivity contribution < 1.29 is 9.13 Å². The molecule has 0 amide bonds. The summed E-state index contributed by atoms with van der Waals surface area (Å²) < 4.78 is 18.9. The third kappa shape index (κ3) is 3.93. The average molecular weight is 224 g/mol. The zero-order valence-electron chi connectivity index (χ0n) is 10.4. The van der Waals surface area contributed by atoms with Crippen molar-refractivity contribution in [3.63, 3.8) is 0 Å². The van der Waals surface area contributed by atoms with Crippen molar-refractivity contribution in [2.45, 2.75) is 52.2 Å². The molecule has 0 aliphatic heterocycles. The molecular formula is C14H21FO. The van der Waals surface area contributed by atoms with Crippen molar-refractivity contribution in [2.75, 3.05) is 0 Å². The Morgan fingerprint density at radius 1 is 1.31 bits per heavy atom. The Labute approximate surface area is 97.6 Å². The van der Waals surface area contributed by atoms with Gasteiger partial charge in [-0.05, 0) is 37.5 Å². The molecule has 0 bridgehead atoms. The standard InChI is InChI=1S/C14H21FO/c1-4-9-14(3,5-2)16-11-12-7-6-8-13(15)10-12/h6-8,10H,4-5,9,11H2,1-3H3. The molecule has 90 valence electrons. The van der Waals surface area contributed by atoms with Crippen LogP contribution in [-0.4, -0.2) is 5.60 Å². The fourth-order valence-corrected chi connectivity index (χ4v) is 1.76. The van der Waals surface area contributed by atoms with Crippen LogP contribution in [0, 0.1) is 5.82 Å². The maximum Gasteiger partial charge on any atom is 0.123 e. The van der Waals surface area contributed by atoms with Gasteiger partial charge < -0.3 is 4.74 Å². The van der Waals surface area contributed by atoms with E-state index in [9.17, 15) is 4.39 Å². The molecule has 0 radical (unpaired) electrons. The van der Waals surface area contributed by atoms with E-state index >= 15 is 0 Å². The predicted molar refractivity (Wildman–Crippen MR) is 64.8 cm³/mol. The summed E-state index contributed by atoms with van der Waals surface area (Å²) in [5.74, 6) is -0.199. The van der Waals surface area contributed by atoms with Crippen LogP contribution in [0.4, 0.5) is 4.39 Å². The van der Waals surface area contributed by atoms with Crippen LogP contribution in [0.3, 0.4) is 0 Å². The predicted octanol–water partition coefficient (Wildman–Crippen LogP) is 4.31. The second kappa shape index (κ2) is 6.00. The molecule has 0 heterocycles. The van der Waals surface area contributed by atoms with Crippen molar-refractivity contribution in [3.8, 4) is 0 Å². The molecule has 0 saturated carbocycles. The second-order valence-electron chi connectivity index (χ2n) is 4.47. The number of rotatable bonds is 6. The summed E-state index contributed by atoms with van der Waals surface area (Å²) in [5, 5.41) is 0. The van der Waals surface area contributed by atoms with Gasteiger partial charge in [-0.3, -0.25) is 0 Å². The van der Waals surface area contributed by atoms with Crippen LogP contribution in [0.15, 0.2) is 24.3 Å². The first-order chi connectivity index (χ1) is 7.59. The van der Waals surface area contributed by atoms with Gasteiger partial charge in [-0.1, -0.05) is 32.4 Å². The lowest BCUT2D eigenvalue weighted by Gasteiger charge is -2.28. The molecule has 0 aliphatic rings. The van der Waals surface area contributed by atoms with E-state index in [-0.39, 0.29) is 11.4 Å². The molecule has 1 rings (SSSR count). The van der Waals surface area contributed by atoms with Crippen LogP contribution < -0.4 is 0 Å². The Kier molecular flexibility index (Phi) is 4.94. The highest BCUT2D eigenvalue weighted by molar-refractivity contribution is 5.15. The summed E-state index contributed by atoms with van der Waals surface area (Å²) in [6.07, 6.45) is 3.13. The second-order valence-corrected chi connectivity index (χ2v) is 4.47. The molecule has 0 fully saturated rings. The first-order valence-electron chi connectivity index (χ1n) is 5.98. The number of hydrogen-bond donors (Lipinski definition) is 0. The molecule has 0 aliphatic carbocycles. The zero-order valence-corrected chi connectivity index (χ0v) is 10.4. The molecule has 1 nitrogen and oxygen atoms in total. The summed E-state index contributed by atoms with van der Waals surface area (Å²) in [7, 11) is 0. The average Bonchev–Trinajstić information content (AvgIpc) is 2.27. The summed E-state index contributed by atoms with van der Waals surface area (Å²) in [6, 6.07) is 6.60. The van der Waals surface area contributed by atoms with E-state index in [1.54, 1.807) is 6.07 Å². The van der Waals surface area contributed by atoms with Gasteiger partial charge in [0.15, 0.2) is 0 Å². The largest absolute Gasteiger partial charge is 0.371 e. The van der Waals surface area contributed by atoms with E-state index < -0.39 is 0 Å². The quantitative estimate of drug-likeness (QED) is 0.699. The van der Waals surface area contributed by atoms with Crippen LogP contribution >= 0.6 is 0 Å². The van der Waals surface area contributed by atoms with Crippen LogP contribution in [0.1, 0.15) is 45.6 Å². The van der Waals surface area contributed by atoms with Gasteiger partial charge in [0, 0.05) is 0 Å². The molecule has 16 heavy (non-hydrogen) atoms. The van der Waals surface area contributed by atoms with Crippen molar-refractivity contribution >= 4 is 0 Å². The first kappa shape index (κ1) is 13.2. The Hall–Kier alpha value is -0.890. The molecule has 1 unspecified atom stereocenters. The zero-order chi connectivity index (χ0) is 12.0. The lowest BCUT2D eigenvalue weighted by atomic mass is 9.97. The molecule has 0 spiro atoms. The maximum atomic E-state index is 13.0. The van der Waals surface area contributed by atoms with Gasteiger partial charge in [-0.15, -0.1) is 0 Å². The van der Waals surface area contributed by atoms with E-state index in [1.165, 1.54) is 12.1 Å². The van der Waals surface area contributed by atoms with Gasteiger partial charge >= 0.3 is 0 Å². The first-order valence-corrected chi connectivity index (χ1v) is 5.98. The molecule has 0 N–H and O–H groups in total. The normalized spacial score (nSPS) is 14.8. The van der Waals surface area contributed by atoms with Gasteiger partial charge in [-0.2, -0.15) is 0 Å². The van der Waals surface area contributed by atoms with E-state index in [2.05, 4.69) is 20.8 Å². The molecule has 0 aromatic heterocycles. The van der Waals surface area contributed by atoms with Crippen molar-refractivity contribution in [2.24, 2.45) is 0 Å². The van der Waals surface area contributed by atoms with Crippen molar-refractivity contribution in [3.05, 3.63) is 35.6 Å². The number of benzene rings is 1. The Morgan fingerprint density at radius 3 is 2.62 bits per heavy atom. The fourth-order valence-electron chi connectivity index (χ4n) is 1.76. The molecule has 2 heteroatoms. The minimum absolute atomic E-state index is 0.0823. The summed E-state index contributed by atoms with van der Waals surface area (Å²) in [6.45, 7) is 6.89. The number of hydrogen-bond acceptors (Lipinski definition) is 1. The topological polar surface area (TPSA) is 9.23 Å². The van der Waals surface area contributed by atoms with Crippen molar-refractivity contribution in [1.29, 1.82) is 0 Å². The monoisotopic (exact) mass is 224 g/mol. The minimum atomic E-state index is -0.199. The third-order valence-electron chi connectivity index (χ3n) is 3.00. The Balaban J connectivity index is 2.55. The lowest BCUT2D eigenvalue weighted by Crippen LogP contribution is -2.27. The SMILES string of the molecule is CCCC(C)(CC)OCc1cccc(F)c1. The number of halogens is 1. The maximum absolute atomic E-state index is 13.0. The van der Waals surface area contributed by atoms with Crippen LogP contribution in [0.5, 0.6) is 0 Å². The van der Waals surface area contributed by atoms with E-state index in [0.717, 1.165) is 24.8 Å². The summed E-state index contributed by atoms with van der Waals surface area (Å²) in [5.41, 5.74) is 0.817. The number of ether oxygens (including phenoxy) is 1. The van der Waals surface area contributed by atoms with Crippen molar-refractivity contribution in [1.82, 2.24) is 0 Å². The molecule has 1 aromatic carbocycles. The summed E-state index contributed by atoms with van der Waals surface area (Å²) >= 11 is 0. The van der Waals surface area contributed by atoms with E-state index in [0.29, 0.717) is 6.61 Å². The van der Waals surface area contributed by atoms with Crippen LogP contribution in [0.2, 0.25) is 0 Å². The third-order valence-corrected chi connectivity index (χ3v) is 3.00. The van der Waals surface area contributed by atoms with Gasteiger partial charge in [0.2, 0.25) is 0 Å². The van der Waals surface area contributed by atoms with E-state index in [4.69, 9.17) is 4.74 Å². The molecular weight excluding hydrogens is 203 g/mol. The highest BCUT2D eigenvalue weighted by Gasteiger charge is 2.21. The van der Waals surface area contributed by atoms with Crippen LogP contribution in [-0.2, 0) is 11.3 Å². The highest BCUT2D eigenvalue weighted by Crippen LogP contribution is 2.23. The molecule has 1 aromatic rings. The van der Waals surface area contributed by atoms with Gasteiger partial charge in [0.05, 0.1) is 12.2 Å².